The Bertz CT molecular complexity index is 1340. The van der Waals surface area contributed by atoms with Gasteiger partial charge in [0.25, 0.3) is 5.91 Å². The van der Waals surface area contributed by atoms with Crippen LogP contribution < -0.4 is 10.2 Å². The van der Waals surface area contributed by atoms with Crippen molar-refractivity contribution in [2.45, 2.75) is 32.5 Å². The highest BCUT2D eigenvalue weighted by atomic mass is 35.5. The first-order chi connectivity index (χ1) is 16.3. The summed E-state index contributed by atoms with van der Waals surface area (Å²) in [6.07, 6.45) is 1.56. The maximum absolute atomic E-state index is 13.8. The Morgan fingerprint density at radius 2 is 1.88 bits per heavy atom. The van der Waals surface area contributed by atoms with Gasteiger partial charge in [-0.15, -0.1) is 0 Å². The van der Waals surface area contributed by atoms with Gasteiger partial charge < -0.3 is 9.73 Å². The Hall–Kier alpha value is -3.84. The van der Waals surface area contributed by atoms with Crippen molar-refractivity contribution in [2.75, 3.05) is 4.90 Å². The standard InChI is InChI=1S/C26H23ClN4O3/c1-17-5-11-20(12-6-17)31-24(32)22-14-21(23-4-3-13-34-23)29-30(22)16-26(31,2)25(33)28-15-18-7-9-19(27)10-8-18/h3-14H,15-16H2,1-2H3,(H,28,33)/t26-/m1/s1. The number of furan rings is 1. The second-order valence-corrected chi connectivity index (χ2v) is 9.05. The van der Waals surface area contributed by atoms with Gasteiger partial charge in [-0.05, 0) is 55.8 Å². The third-order valence-electron chi connectivity index (χ3n) is 6.07. The summed E-state index contributed by atoms with van der Waals surface area (Å²) in [7, 11) is 0. The number of rotatable bonds is 5. The Morgan fingerprint density at radius 3 is 2.56 bits per heavy atom. The molecule has 0 radical (unpaired) electrons. The van der Waals surface area contributed by atoms with Gasteiger partial charge in [-0.25, -0.2) is 0 Å². The Balaban J connectivity index is 1.52. The number of hydrogen-bond acceptors (Lipinski definition) is 4. The molecule has 1 atom stereocenters. The zero-order chi connectivity index (χ0) is 23.9. The number of carbonyl (C=O) groups excluding carboxylic acids is 2. The molecule has 4 aromatic rings. The number of anilines is 1. The normalized spacial score (nSPS) is 17.5. The highest BCUT2D eigenvalue weighted by molar-refractivity contribution is 6.30. The zero-order valence-electron chi connectivity index (χ0n) is 18.8. The van der Waals surface area contributed by atoms with E-state index in [-0.39, 0.29) is 18.4 Å². The molecule has 0 saturated carbocycles. The molecule has 3 heterocycles. The smallest absolute Gasteiger partial charge is 0.277 e. The van der Waals surface area contributed by atoms with E-state index >= 15 is 0 Å². The molecule has 0 unspecified atom stereocenters. The average Bonchev–Trinajstić information content (AvgIpc) is 3.50. The second kappa shape index (κ2) is 8.50. The van der Waals surface area contributed by atoms with Gasteiger partial charge in [-0.2, -0.15) is 5.10 Å². The predicted molar refractivity (Wildman–Crippen MR) is 130 cm³/mol. The van der Waals surface area contributed by atoms with Gasteiger partial charge in [0.1, 0.15) is 16.9 Å². The molecule has 2 aromatic carbocycles. The quantitative estimate of drug-likeness (QED) is 0.449. The molecule has 8 heteroatoms. The number of nitrogens with one attached hydrogen (secondary N) is 1. The summed E-state index contributed by atoms with van der Waals surface area (Å²) >= 11 is 5.97. The van der Waals surface area contributed by atoms with E-state index in [4.69, 9.17) is 16.0 Å². The number of carbonyl (C=O) groups is 2. The molecule has 1 aliphatic heterocycles. The summed E-state index contributed by atoms with van der Waals surface area (Å²) in [6.45, 7) is 4.24. The fraction of sp³-hybridized carbons (Fsp3) is 0.192. The van der Waals surface area contributed by atoms with Crippen LogP contribution in [0, 0.1) is 6.92 Å². The lowest BCUT2D eigenvalue weighted by molar-refractivity contribution is -0.126. The molecule has 1 aliphatic rings. The zero-order valence-corrected chi connectivity index (χ0v) is 19.5. The molecule has 5 rings (SSSR count). The molecule has 0 bridgehead atoms. The topological polar surface area (TPSA) is 80.4 Å². The van der Waals surface area contributed by atoms with Gasteiger partial charge in [0.2, 0.25) is 5.91 Å². The van der Waals surface area contributed by atoms with Crippen LogP contribution in [0.2, 0.25) is 5.02 Å². The number of aryl methyl sites for hydroxylation is 1. The maximum atomic E-state index is 13.8. The van der Waals surface area contributed by atoms with Crippen LogP contribution in [0.4, 0.5) is 5.69 Å². The van der Waals surface area contributed by atoms with Crippen LogP contribution >= 0.6 is 11.6 Å². The lowest BCUT2D eigenvalue weighted by atomic mass is 9.93. The average molecular weight is 475 g/mol. The third kappa shape index (κ3) is 3.88. The Kier molecular flexibility index (Phi) is 5.49. The predicted octanol–water partition coefficient (Wildman–Crippen LogP) is 4.84. The monoisotopic (exact) mass is 474 g/mol. The van der Waals surface area contributed by atoms with Crippen LogP contribution in [0.15, 0.2) is 77.4 Å². The van der Waals surface area contributed by atoms with E-state index in [1.54, 1.807) is 53.1 Å². The highest BCUT2D eigenvalue weighted by Gasteiger charge is 2.48. The van der Waals surface area contributed by atoms with Crippen LogP contribution in [0.3, 0.4) is 0 Å². The van der Waals surface area contributed by atoms with Crippen LogP contribution in [0.25, 0.3) is 11.5 Å². The van der Waals surface area contributed by atoms with E-state index in [2.05, 4.69) is 10.4 Å². The maximum Gasteiger partial charge on any atom is 0.277 e. The van der Waals surface area contributed by atoms with E-state index in [9.17, 15) is 9.59 Å². The van der Waals surface area contributed by atoms with Gasteiger partial charge in [-0.3, -0.25) is 19.2 Å². The molecule has 2 aromatic heterocycles. The summed E-state index contributed by atoms with van der Waals surface area (Å²) < 4.78 is 7.05. The van der Waals surface area contributed by atoms with Gasteiger partial charge in [0.15, 0.2) is 5.76 Å². The van der Waals surface area contributed by atoms with Crippen molar-refractivity contribution in [2.24, 2.45) is 0 Å². The van der Waals surface area contributed by atoms with E-state index in [0.717, 1.165) is 11.1 Å². The first kappa shape index (κ1) is 22.0. The van der Waals surface area contributed by atoms with Gasteiger partial charge >= 0.3 is 0 Å². The molecular formula is C26H23ClN4O3. The number of halogens is 1. The fourth-order valence-corrected chi connectivity index (χ4v) is 4.33. The summed E-state index contributed by atoms with van der Waals surface area (Å²) in [4.78, 5) is 28.9. The number of nitrogens with zero attached hydrogens (tertiary/aromatic N) is 3. The molecule has 0 fully saturated rings. The summed E-state index contributed by atoms with van der Waals surface area (Å²) in [5.74, 6) is -0.0212. The second-order valence-electron chi connectivity index (χ2n) is 8.61. The minimum atomic E-state index is -1.21. The van der Waals surface area contributed by atoms with Crippen LogP contribution in [-0.2, 0) is 17.9 Å². The van der Waals surface area contributed by atoms with Crippen molar-refractivity contribution in [1.82, 2.24) is 15.1 Å². The van der Waals surface area contributed by atoms with Gasteiger partial charge in [0, 0.05) is 23.3 Å². The van der Waals surface area contributed by atoms with Gasteiger partial charge in [0.05, 0.1) is 12.8 Å². The van der Waals surface area contributed by atoms with E-state index in [1.807, 2.05) is 43.3 Å². The number of amides is 2. The summed E-state index contributed by atoms with van der Waals surface area (Å²) in [5.41, 5.74) is 2.35. The van der Waals surface area contributed by atoms with Crippen molar-refractivity contribution in [3.63, 3.8) is 0 Å². The summed E-state index contributed by atoms with van der Waals surface area (Å²) in [6, 6.07) is 20.1. The van der Waals surface area contributed by atoms with Crippen LogP contribution in [0.1, 0.15) is 28.5 Å². The van der Waals surface area contributed by atoms with Crippen molar-refractivity contribution in [1.29, 1.82) is 0 Å². The number of fused-ring (bicyclic) bond motifs is 1. The van der Waals surface area contributed by atoms with Crippen molar-refractivity contribution < 1.29 is 14.0 Å². The van der Waals surface area contributed by atoms with E-state index < -0.39 is 5.54 Å². The largest absolute Gasteiger partial charge is 0.463 e. The van der Waals surface area contributed by atoms with Crippen LogP contribution in [0.5, 0.6) is 0 Å². The van der Waals surface area contributed by atoms with E-state index in [1.165, 1.54) is 0 Å². The van der Waals surface area contributed by atoms with E-state index in [0.29, 0.717) is 34.4 Å². The van der Waals surface area contributed by atoms with Gasteiger partial charge in [-0.1, -0.05) is 41.4 Å². The minimum absolute atomic E-state index is 0.190. The van der Waals surface area contributed by atoms with Crippen LogP contribution in [-0.4, -0.2) is 27.1 Å². The van der Waals surface area contributed by atoms with Crippen molar-refractivity contribution in [3.05, 3.63) is 94.8 Å². The SMILES string of the molecule is Cc1ccc(N2C(=O)c3cc(-c4ccco4)nn3C[C@]2(C)C(=O)NCc2ccc(Cl)cc2)cc1. The molecule has 0 saturated heterocycles. The molecule has 172 valence electrons. The Morgan fingerprint density at radius 1 is 1.15 bits per heavy atom. The molecule has 34 heavy (non-hydrogen) atoms. The lowest BCUT2D eigenvalue weighted by Gasteiger charge is -2.43. The Labute approximate surface area is 201 Å². The van der Waals surface area contributed by atoms with Crippen molar-refractivity contribution >= 4 is 29.1 Å². The molecule has 1 N–H and O–H groups in total. The minimum Gasteiger partial charge on any atom is -0.463 e. The number of hydrogen-bond donors (Lipinski definition) is 1. The first-order valence-corrected chi connectivity index (χ1v) is 11.3. The number of aromatic nitrogens is 2. The molecule has 0 aliphatic carbocycles. The molecule has 7 nitrogen and oxygen atoms in total. The van der Waals surface area contributed by atoms with Crippen molar-refractivity contribution in [3.8, 4) is 11.5 Å². The fourth-order valence-electron chi connectivity index (χ4n) is 4.20. The summed E-state index contributed by atoms with van der Waals surface area (Å²) in [5, 5.41) is 8.19. The molecule has 0 spiro atoms. The molecular weight excluding hydrogens is 452 g/mol. The molecule has 2 amide bonds. The number of benzene rings is 2. The lowest BCUT2D eigenvalue weighted by Crippen LogP contribution is -2.64. The third-order valence-corrected chi connectivity index (χ3v) is 6.33. The first-order valence-electron chi connectivity index (χ1n) is 10.9. The highest BCUT2D eigenvalue weighted by Crippen LogP contribution is 2.34.